The number of nitrogens with zero attached hydrogens (tertiary/aromatic N) is 1. The Balaban J connectivity index is 0.00000225. The van der Waals surface area contributed by atoms with Gasteiger partial charge in [-0.25, -0.2) is 4.98 Å². The van der Waals surface area contributed by atoms with E-state index in [-0.39, 0.29) is 42.6 Å². The lowest BCUT2D eigenvalue weighted by Crippen LogP contribution is -2.34. The minimum atomic E-state index is 0. The number of amides is 1. The van der Waals surface area contributed by atoms with Gasteiger partial charge in [0.05, 0.1) is 6.61 Å². The number of aromatic nitrogens is 1. The second kappa shape index (κ2) is 13.3. The summed E-state index contributed by atoms with van der Waals surface area (Å²) in [5, 5.41) is 3.03. The monoisotopic (exact) mass is 455 g/mol. The standard InChI is InChI=1S/C22H29N3O3.2ClH/c1-2-13-27-19-10-3-4-11-20(19)28-22-17(8-6-12-24-22)15-25-21(26)18-9-5-7-16(18)14-23;;/h3-4,6,8,10-12,16,18H,2,5,7,9,13-15,23H2,1H3,(H,25,26);2*1H/t16-,18-;;/m1../s1. The second-order valence-electron chi connectivity index (χ2n) is 7.12. The van der Waals surface area contributed by atoms with Gasteiger partial charge in [0.2, 0.25) is 11.8 Å². The summed E-state index contributed by atoms with van der Waals surface area (Å²) in [6.07, 6.45) is 5.60. The fourth-order valence-corrected chi connectivity index (χ4v) is 3.60. The number of carbonyl (C=O) groups is 1. The zero-order chi connectivity index (χ0) is 19.8. The van der Waals surface area contributed by atoms with E-state index >= 15 is 0 Å². The highest BCUT2D eigenvalue weighted by Gasteiger charge is 2.31. The van der Waals surface area contributed by atoms with Crippen molar-refractivity contribution in [1.29, 1.82) is 0 Å². The number of rotatable bonds is 9. The molecule has 0 unspecified atom stereocenters. The van der Waals surface area contributed by atoms with Crippen LogP contribution in [0.15, 0.2) is 42.6 Å². The smallest absolute Gasteiger partial charge is 0.224 e. The molecular weight excluding hydrogens is 425 g/mol. The van der Waals surface area contributed by atoms with E-state index in [1.165, 1.54) is 0 Å². The van der Waals surface area contributed by atoms with Crippen molar-refractivity contribution in [3.8, 4) is 17.4 Å². The first-order valence-electron chi connectivity index (χ1n) is 10.0. The summed E-state index contributed by atoms with van der Waals surface area (Å²) >= 11 is 0. The number of nitrogens with two attached hydrogens (primary N) is 1. The first-order valence-corrected chi connectivity index (χ1v) is 10.0. The van der Waals surface area contributed by atoms with Crippen LogP contribution in [0, 0.1) is 11.8 Å². The van der Waals surface area contributed by atoms with Gasteiger partial charge in [-0.1, -0.05) is 31.5 Å². The van der Waals surface area contributed by atoms with Crippen molar-refractivity contribution in [2.75, 3.05) is 13.2 Å². The number of halogens is 2. The minimum absolute atomic E-state index is 0. The molecule has 0 bridgehead atoms. The molecule has 0 radical (unpaired) electrons. The van der Waals surface area contributed by atoms with Crippen molar-refractivity contribution in [1.82, 2.24) is 10.3 Å². The van der Waals surface area contributed by atoms with Crippen LogP contribution in [0.3, 0.4) is 0 Å². The number of benzene rings is 1. The van der Waals surface area contributed by atoms with Crippen molar-refractivity contribution in [2.24, 2.45) is 17.6 Å². The van der Waals surface area contributed by atoms with E-state index in [1.807, 2.05) is 36.4 Å². The molecular formula is C22H31Cl2N3O3. The van der Waals surface area contributed by atoms with Crippen molar-refractivity contribution in [2.45, 2.75) is 39.2 Å². The topological polar surface area (TPSA) is 86.5 Å². The summed E-state index contributed by atoms with van der Waals surface area (Å²) < 4.78 is 11.8. The number of para-hydroxylation sites is 2. The van der Waals surface area contributed by atoms with E-state index in [0.29, 0.717) is 37.1 Å². The fraction of sp³-hybridized carbons (Fsp3) is 0.455. The largest absolute Gasteiger partial charge is 0.490 e. The second-order valence-corrected chi connectivity index (χ2v) is 7.12. The van der Waals surface area contributed by atoms with Crippen LogP contribution in [0.5, 0.6) is 17.4 Å². The van der Waals surface area contributed by atoms with E-state index in [1.54, 1.807) is 6.20 Å². The Labute approximate surface area is 190 Å². The molecule has 6 nitrogen and oxygen atoms in total. The number of hydrogen-bond donors (Lipinski definition) is 2. The molecule has 0 aliphatic heterocycles. The summed E-state index contributed by atoms with van der Waals surface area (Å²) in [4.78, 5) is 16.9. The first kappa shape index (κ1) is 26.0. The molecule has 1 aromatic heterocycles. The summed E-state index contributed by atoms with van der Waals surface area (Å²) in [5.41, 5.74) is 6.63. The zero-order valence-corrected chi connectivity index (χ0v) is 18.8. The van der Waals surface area contributed by atoms with E-state index in [0.717, 1.165) is 31.2 Å². The third-order valence-electron chi connectivity index (χ3n) is 5.12. The van der Waals surface area contributed by atoms with Gasteiger partial charge in [-0.15, -0.1) is 24.8 Å². The van der Waals surface area contributed by atoms with Gasteiger partial charge in [-0.3, -0.25) is 4.79 Å². The Kier molecular flexibility index (Phi) is 11.5. The van der Waals surface area contributed by atoms with Gasteiger partial charge < -0.3 is 20.5 Å². The molecule has 1 saturated carbocycles. The van der Waals surface area contributed by atoms with Gasteiger partial charge in [0.15, 0.2) is 11.5 Å². The van der Waals surface area contributed by atoms with Crippen LogP contribution < -0.4 is 20.5 Å². The highest BCUT2D eigenvalue weighted by molar-refractivity contribution is 5.85. The van der Waals surface area contributed by atoms with E-state index in [4.69, 9.17) is 15.2 Å². The maximum absolute atomic E-state index is 12.6. The van der Waals surface area contributed by atoms with E-state index in [9.17, 15) is 4.79 Å². The first-order chi connectivity index (χ1) is 13.7. The van der Waals surface area contributed by atoms with Crippen LogP contribution in [0.1, 0.15) is 38.2 Å². The lowest BCUT2D eigenvalue weighted by molar-refractivity contribution is -0.126. The van der Waals surface area contributed by atoms with Gasteiger partial charge in [-0.05, 0) is 49.9 Å². The average molecular weight is 456 g/mol. The van der Waals surface area contributed by atoms with Crippen LogP contribution in [-0.4, -0.2) is 24.0 Å². The molecule has 3 N–H and O–H groups in total. The molecule has 30 heavy (non-hydrogen) atoms. The molecule has 1 aliphatic carbocycles. The predicted octanol–water partition coefficient (Wildman–Crippen LogP) is 4.50. The lowest BCUT2D eigenvalue weighted by atomic mass is 9.95. The summed E-state index contributed by atoms with van der Waals surface area (Å²) in [6, 6.07) is 11.3. The molecule has 1 heterocycles. The number of pyridine rings is 1. The van der Waals surface area contributed by atoms with Gasteiger partial charge in [0.25, 0.3) is 0 Å². The number of nitrogens with one attached hydrogen (secondary N) is 1. The molecule has 2 aromatic rings. The Bertz CT molecular complexity index is 792. The SMILES string of the molecule is CCCOc1ccccc1Oc1ncccc1CNC(=O)[C@@H]1CCC[C@@H]1CN.Cl.Cl. The lowest BCUT2D eigenvalue weighted by Gasteiger charge is -2.18. The Morgan fingerprint density at radius 2 is 1.93 bits per heavy atom. The minimum Gasteiger partial charge on any atom is -0.490 e. The number of ether oxygens (including phenoxy) is 2. The normalized spacial score (nSPS) is 17.4. The Hall–Kier alpha value is -2.02. The molecule has 1 aliphatic rings. The highest BCUT2D eigenvalue weighted by Crippen LogP contribution is 2.33. The maximum Gasteiger partial charge on any atom is 0.224 e. The summed E-state index contributed by atoms with van der Waals surface area (Å²) in [7, 11) is 0. The summed E-state index contributed by atoms with van der Waals surface area (Å²) in [5.74, 6) is 2.12. The van der Waals surface area contributed by atoms with Crippen molar-refractivity contribution in [3.63, 3.8) is 0 Å². The quantitative estimate of drug-likeness (QED) is 0.581. The van der Waals surface area contributed by atoms with Crippen LogP contribution in [-0.2, 0) is 11.3 Å². The van der Waals surface area contributed by atoms with Crippen molar-refractivity contribution in [3.05, 3.63) is 48.2 Å². The fourth-order valence-electron chi connectivity index (χ4n) is 3.60. The van der Waals surface area contributed by atoms with Crippen molar-refractivity contribution >= 4 is 30.7 Å². The van der Waals surface area contributed by atoms with Gasteiger partial charge in [0.1, 0.15) is 0 Å². The zero-order valence-electron chi connectivity index (χ0n) is 17.2. The van der Waals surface area contributed by atoms with Gasteiger partial charge in [0, 0.05) is 24.2 Å². The molecule has 3 rings (SSSR count). The number of hydrogen-bond acceptors (Lipinski definition) is 5. The highest BCUT2D eigenvalue weighted by atomic mass is 35.5. The van der Waals surface area contributed by atoms with Gasteiger partial charge in [-0.2, -0.15) is 0 Å². The molecule has 8 heteroatoms. The Morgan fingerprint density at radius 3 is 2.67 bits per heavy atom. The maximum atomic E-state index is 12.6. The third-order valence-corrected chi connectivity index (χ3v) is 5.12. The van der Waals surface area contributed by atoms with E-state index < -0.39 is 0 Å². The van der Waals surface area contributed by atoms with Crippen LogP contribution in [0.2, 0.25) is 0 Å². The molecule has 2 atom stereocenters. The molecule has 1 aromatic carbocycles. The van der Waals surface area contributed by atoms with Crippen LogP contribution in [0.25, 0.3) is 0 Å². The molecule has 0 saturated heterocycles. The van der Waals surface area contributed by atoms with Gasteiger partial charge >= 0.3 is 0 Å². The third kappa shape index (κ3) is 6.76. The Morgan fingerprint density at radius 1 is 1.17 bits per heavy atom. The van der Waals surface area contributed by atoms with E-state index in [2.05, 4.69) is 17.2 Å². The van der Waals surface area contributed by atoms with Crippen LogP contribution in [0.4, 0.5) is 0 Å². The molecule has 1 fully saturated rings. The summed E-state index contributed by atoms with van der Waals surface area (Å²) in [6.45, 7) is 3.61. The van der Waals surface area contributed by atoms with Crippen molar-refractivity contribution < 1.29 is 14.3 Å². The average Bonchev–Trinajstić information content (AvgIpc) is 3.21. The predicted molar refractivity (Wildman–Crippen MR) is 123 cm³/mol. The molecule has 0 spiro atoms. The van der Waals surface area contributed by atoms with Crippen LogP contribution >= 0.6 is 24.8 Å². The molecule has 1 amide bonds. The molecule has 166 valence electrons. The number of carbonyl (C=O) groups excluding carboxylic acids is 1.